The molecule has 3 N–H and O–H groups in total. The summed E-state index contributed by atoms with van der Waals surface area (Å²) in [4.78, 5) is 33.7. The zero-order valence-corrected chi connectivity index (χ0v) is 11.9. The van der Waals surface area contributed by atoms with Crippen molar-refractivity contribution in [2.75, 3.05) is 7.11 Å². The molecule has 0 aliphatic heterocycles. The third kappa shape index (κ3) is 4.79. The van der Waals surface area contributed by atoms with Gasteiger partial charge in [0.05, 0.1) is 19.2 Å². The van der Waals surface area contributed by atoms with Crippen molar-refractivity contribution in [2.45, 2.75) is 32.9 Å². The van der Waals surface area contributed by atoms with E-state index in [2.05, 4.69) is 20.5 Å². The van der Waals surface area contributed by atoms with E-state index in [1.54, 1.807) is 13.8 Å². The minimum Gasteiger partial charge on any atom is -0.480 e. The van der Waals surface area contributed by atoms with E-state index in [-0.39, 0.29) is 6.54 Å². The van der Waals surface area contributed by atoms with Crippen molar-refractivity contribution < 1.29 is 28.8 Å². The molecule has 1 aromatic heterocycles. The second-order valence-corrected chi connectivity index (χ2v) is 4.30. The SMILES string of the molecule is COC(=O)C[C@H](NC(=O)NCc1c(C)noc1C)C(=O)O. The highest BCUT2D eigenvalue weighted by Crippen LogP contribution is 2.11. The fraction of sp³-hybridized carbons (Fsp3) is 0.500. The van der Waals surface area contributed by atoms with Crippen LogP contribution in [0.1, 0.15) is 23.4 Å². The van der Waals surface area contributed by atoms with Crippen LogP contribution in [-0.4, -0.2) is 41.4 Å². The highest BCUT2D eigenvalue weighted by atomic mass is 16.5. The van der Waals surface area contributed by atoms with Gasteiger partial charge in [0.15, 0.2) is 0 Å². The maximum atomic E-state index is 11.7. The molecule has 0 aliphatic rings. The maximum absolute atomic E-state index is 11.7. The number of rotatable bonds is 6. The second kappa shape index (κ2) is 7.27. The first-order chi connectivity index (χ1) is 9.85. The molecule has 1 heterocycles. The number of carbonyl (C=O) groups is 3. The lowest BCUT2D eigenvalue weighted by Gasteiger charge is -2.14. The van der Waals surface area contributed by atoms with Crippen molar-refractivity contribution >= 4 is 18.0 Å². The number of hydrogen-bond acceptors (Lipinski definition) is 6. The van der Waals surface area contributed by atoms with Gasteiger partial charge in [-0.1, -0.05) is 5.16 Å². The number of ether oxygens (including phenoxy) is 1. The standard InChI is InChI=1S/C12H17N3O6/c1-6-8(7(2)21-15-6)5-13-12(19)14-9(11(17)18)4-10(16)20-3/h9H,4-5H2,1-3H3,(H,17,18)(H2,13,14,19)/t9-/m0/s1. The topological polar surface area (TPSA) is 131 Å². The van der Waals surface area contributed by atoms with E-state index in [1.807, 2.05) is 0 Å². The van der Waals surface area contributed by atoms with Gasteiger partial charge in [-0.05, 0) is 13.8 Å². The van der Waals surface area contributed by atoms with Gasteiger partial charge in [0, 0.05) is 12.1 Å². The zero-order valence-electron chi connectivity index (χ0n) is 11.9. The van der Waals surface area contributed by atoms with Gasteiger partial charge in [0.25, 0.3) is 0 Å². The van der Waals surface area contributed by atoms with E-state index in [9.17, 15) is 14.4 Å². The van der Waals surface area contributed by atoms with Gasteiger partial charge < -0.3 is 25.0 Å². The first-order valence-corrected chi connectivity index (χ1v) is 6.10. The number of amides is 2. The Bertz CT molecular complexity index is 520. The van der Waals surface area contributed by atoms with E-state index in [1.165, 1.54) is 0 Å². The smallest absolute Gasteiger partial charge is 0.326 e. The minimum atomic E-state index is -1.36. The first-order valence-electron chi connectivity index (χ1n) is 6.10. The summed E-state index contributed by atoms with van der Waals surface area (Å²) < 4.78 is 9.31. The Morgan fingerprint density at radius 1 is 1.38 bits per heavy atom. The van der Waals surface area contributed by atoms with E-state index in [0.29, 0.717) is 17.0 Å². The van der Waals surface area contributed by atoms with E-state index < -0.39 is 30.4 Å². The molecule has 21 heavy (non-hydrogen) atoms. The second-order valence-electron chi connectivity index (χ2n) is 4.30. The predicted molar refractivity (Wildman–Crippen MR) is 69.4 cm³/mol. The zero-order chi connectivity index (χ0) is 16.0. The number of aromatic nitrogens is 1. The van der Waals surface area contributed by atoms with Crippen LogP contribution in [0.15, 0.2) is 4.52 Å². The molecule has 9 nitrogen and oxygen atoms in total. The average molecular weight is 299 g/mol. The third-order valence-corrected chi connectivity index (χ3v) is 2.81. The Morgan fingerprint density at radius 3 is 2.52 bits per heavy atom. The molecular weight excluding hydrogens is 282 g/mol. The summed E-state index contributed by atoms with van der Waals surface area (Å²) in [5.41, 5.74) is 1.35. The number of carbonyl (C=O) groups excluding carboxylic acids is 2. The molecule has 0 bridgehead atoms. The monoisotopic (exact) mass is 299 g/mol. The van der Waals surface area contributed by atoms with Crippen molar-refractivity contribution in [1.29, 1.82) is 0 Å². The summed E-state index contributed by atoms with van der Waals surface area (Å²) in [6.45, 7) is 3.56. The number of methoxy groups -OCH3 is 1. The molecule has 0 saturated carbocycles. The lowest BCUT2D eigenvalue weighted by Crippen LogP contribution is -2.46. The summed E-state index contributed by atoms with van der Waals surface area (Å²) in [5, 5.41) is 17.3. The average Bonchev–Trinajstić information content (AvgIpc) is 2.74. The van der Waals surface area contributed by atoms with Gasteiger partial charge >= 0.3 is 18.0 Å². The molecule has 0 fully saturated rings. The van der Waals surface area contributed by atoms with Gasteiger partial charge in [-0.15, -0.1) is 0 Å². The van der Waals surface area contributed by atoms with Crippen LogP contribution in [0.3, 0.4) is 0 Å². The van der Waals surface area contributed by atoms with Crippen LogP contribution in [0.5, 0.6) is 0 Å². The Kier molecular flexibility index (Phi) is 5.70. The summed E-state index contributed by atoms with van der Waals surface area (Å²) in [6.07, 6.45) is -0.454. The Labute approximate surface area is 120 Å². The number of carboxylic acids is 1. The van der Waals surface area contributed by atoms with Gasteiger partial charge in [-0.2, -0.15) is 0 Å². The molecule has 0 aliphatic carbocycles. The normalized spacial score (nSPS) is 11.6. The largest absolute Gasteiger partial charge is 0.480 e. The van der Waals surface area contributed by atoms with Gasteiger partial charge in [0.1, 0.15) is 11.8 Å². The number of nitrogens with one attached hydrogen (secondary N) is 2. The van der Waals surface area contributed by atoms with Crippen molar-refractivity contribution in [3.8, 4) is 0 Å². The molecular formula is C12H17N3O6. The molecule has 0 aromatic carbocycles. The molecule has 116 valence electrons. The molecule has 0 radical (unpaired) electrons. The molecule has 0 saturated heterocycles. The number of nitrogens with zero attached hydrogens (tertiary/aromatic N) is 1. The predicted octanol–water partition coefficient (Wildman–Crippen LogP) is 0.107. The highest BCUT2D eigenvalue weighted by molar-refractivity contribution is 5.86. The lowest BCUT2D eigenvalue weighted by atomic mass is 10.2. The maximum Gasteiger partial charge on any atom is 0.326 e. The molecule has 1 atom stereocenters. The summed E-state index contributed by atoms with van der Waals surface area (Å²) in [5.74, 6) is -1.49. The van der Waals surface area contributed by atoms with Crippen LogP contribution in [0.25, 0.3) is 0 Å². The van der Waals surface area contributed by atoms with Crippen molar-refractivity contribution in [2.24, 2.45) is 0 Å². The number of carboxylic acid groups (broad SMARTS) is 1. The van der Waals surface area contributed by atoms with Crippen LogP contribution < -0.4 is 10.6 Å². The van der Waals surface area contributed by atoms with E-state index >= 15 is 0 Å². The van der Waals surface area contributed by atoms with Crippen LogP contribution in [-0.2, 0) is 20.9 Å². The number of urea groups is 1. The molecule has 2 amide bonds. The lowest BCUT2D eigenvalue weighted by molar-refractivity contribution is -0.147. The van der Waals surface area contributed by atoms with Crippen LogP contribution >= 0.6 is 0 Å². The van der Waals surface area contributed by atoms with Gasteiger partial charge in [-0.3, -0.25) is 4.79 Å². The fourth-order valence-corrected chi connectivity index (χ4v) is 1.58. The van der Waals surface area contributed by atoms with Crippen molar-refractivity contribution in [1.82, 2.24) is 15.8 Å². The Balaban J connectivity index is 2.54. The minimum absolute atomic E-state index is 0.136. The number of hydrogen-bond donors (Lipinski definition) is 3. The van der Waals surface area contributed by atoms with Gasteiger partial charge in [-0.25, -0.2) is 9.59 Å². The fourth-order valence-electron chi connectivity index (χ4n) is 1.58. The van der Waals surface area contributed by atoms with Crippen LogP contribution in [0.2, 0.25) is 0 Å². The molecule has 1 aromatic rings. The molecule has 0 spiro atoms. The van der Waals surface area contributed by atoms with Crippen molar-refractivity contribution in [3.05, 3.63) is 17.0 Å². The third-order valence-electron chi connectivity index (χ3n) is 2.81. The molecule has 9 heteroatoms. The Hall–Kier alpha value is -2.58. The number of esters is 1. The summed E-state index contributed by atoms with van der Waals surface area (Å²) >= 11 is 0. The summed E-state index contributed by atoms with van der Waals surface area (Å²) in [6, 6.07) is -2.08. The number of aryl methyl sites for hydroxylation is 2. The van der Waals surface area contributed by atoms with Crippen LogP contribution in [0.4, 0.5) is 4.79 Å². The van der Waals surface area contributed by atoms with E-state index in [4.69, 9.17) is 9.63 Å². The molecule has 0 unspecified atom stereocenters. The first kappa shape index (κ1) is 16.5. The van der Waals surface area contributed by atoms with E-state index in [0.717, 1.165) is 7.11 Å². The summed E-state index contributed by atoms with van der Waals surface area (Å²) in [7, 11) is 1.14. The van der Waals surface area contributed by atoms with Crippen LogP contribution in [0, 0.1) is 13.8 Å². The molecule has 1 rings (SSSR count). The quantitative estimate of drug-likeness (QED) is 0.635. The number of aliphatic carboxylic acids is 1. The Morgan fingerprint density at radius 2 is 2.05 bits per heavy atom. The van der Waals surface area contributed by atoms with Crippen molar-refractivity contribution in [3.63, 3.8) is 0 Å². The van der Waals surface area contributed by atoms with Gasteiger partial charge in [0.2, 0.25) is 0 Å². The highest BCUT2D eigenvalue weighted by Gasteiger charge is 2.23.